The lowest BCUT2D eigenvalue weighted by atomic mass is 10.1. The maximum absolute atomic E-state index is 5.86. The first-order valence-electron chi connectivity index (χ1n) is 6.41. The molecule has 20 heavy (non-hydrogen) atoms. The summed E-state index contributed by atoms with van der Waals surface area (Å²) in [6.07, 6.45) is 0. The average Bonchev–Trinajstić information content (AvgIpc) is 2.41. The minimum Gasteiger partial charge on any atom is -0.494 e. The topological polar surface area (TPSA) is 44.5 Å². The van der Waals surface area contributed by atoms with Gasteiger partial charge >= 0.3 is 0 Å². The van der Waals surface area contributed by atoms with Crippen molar-refractivity contribution in [2.75, 3.05) is 6.61 Å². The number of ether oxygens (including phenoxy) is 2. The molecular weight excluding hydrogens is 270 g/mol. The minimum atomic E-state index is 0.325. The Morgan fingerprint density at radius 3 is 2.35 bits per heavy atom. The Morgan fingerprint density at radius 1 is 1.10 bits per heavy atom. The first-order chi connectivity index (χ1) is 9.60. The minimum absolute atomic E-state index is 0.325. The molecule has 2 aromatic carbocycles. The lowest BCUT2D eigenvalue weighted by Gasteiger charge is -2.11. The van der Waals surface area contributed by atoms with Gasteiger partial charge in [-0.1, -0.05) is 18.3 Å². The van der Waals surface area contributed by atoms with Crippen LogP contribution in [0.3, 0.4) is 0 Å². The highest BCUT2D eigenvalue weighted by molar-refractivity contribution is 7.80. The summed E-state index contributed by atoms with van der Waals surface area (Å²) in [4.78, 5) is 0.325. The summed E-state index contributed by atoms with van der Waals surface area (Å²) >= 11 is 5.04. The molecule has 2 aromatic rings. The van der Waals surface area contributed by atoms with Gasteiger partial charge in [0.25, 0.3) is 0 Å². The molecule has 0 aliphatic rings. The molecule has 0 aliphatic carbocycles. The van der Waals surface area contributed by atoms with Crippen molar-refractivity contribution in [3.8, 4) is 17.2 Å². The van der Waals surface area contributed by atoms with Gasteiger partial charge in [0.15, 0.2) is 0 Å². The summed E-state index contributed by atoms with van der Waals surface area (Å²) in [6.45, 7) is 4.59. The molecule has 2 N–H and O–H groups in total. The van der Waals surface area contributed by atoms with E-state index in [1.807, 2.05) is 56.3 Å². The van der Waals surface area contributed by atoms with E-state index in [-0.39, 0.29) is 0 Å². The van der Waals surface area contributed by atoms with Gasteiger partial charge in [-0.15, -0.1) is 0 Å². The number of aryl methyl sites for hydroxylation is 1. The monoisotopic (exact) mass is 287 g/mol. The number of hydrogen-bond donors (Lipinski definition) is 1. The van der Waals surface area contributed by atoms with Gasteiger partial charge in [0, 0.05) is 0 Å². The number of benzene rings is 2. The highest BCUT2D eigenvalue weighted by Crippen LogP contribution is 2.28. The highest BCUT2D eigenvalue weighted by atomic mass is 32.1. The summed E-state index contributed by atoms with van der Waals surface area (Å²) < 4.78 is 11.3. The molecule has 0 saturated heterocycles. The van der Waals surface area contributed by atoms with Crippen LogP contribution in [-0.2, 0) is 0 Å². The number of hydrogen-bond acceptors (Lipinski definition) is 3. The first-order valence-corrected chi connectivity index (χ1v) is 6.82. The van der Waals surface area contributed by atoms with Gasteiger partial charge in [-0.05, 0) is 55.8 Å². The standard InChI is InChI=1S/C16H17NO2S/c1-3-18-12-5-7-13(8-6-12)19-15-10-11(2)4-9-14(15)16(17)20/h4-10H,3H2,1-2H3,(H2,17,20). The molecule has 0 radical (unpaired) electrons. The van der Waals surface area contributed by atoms with Crippen LogP contribution in [0.4, 0.5) is 0 Å². The van der Waals surface area contributed by atoms with E-state index >= 15 is 0 Å². The molecule has 0 amide bonds. The Morgan fingerprint density at radius 2 is 1.75 bits per heavy atom. The van der Waals surface area contributed by atoms with E-state index < -0.39 is 0 Å². The van der Waals surface area contributed by atoms with Crippen molar-refractivity contribution in [1.29, 1.82) is 0 Å². The van der Waals surface area contributed by atoms with Crippen LogP contribution in [-0.4, -0.2) is 11.6 Å². The van der Waals surface area contributed by atoms with Crippen LogP contribution in [0.5, 0.6) is 17.2 Å². The highest BCUT2D eigenvalue weighted by Gasteiger charge is 2.08. The van der Waals surface area contributed by atoms with Crippen LogP contribution in [0.15, 0.2) is 42.5 Å². The van der Waals surface area contributed by atoms with Crippen LogP contribution in [0.2, 0.25) is 0 Å². The smallest absolute Gasteiger partial charge is 0.137 e. The third-order valence-corrected chi connectivity index (χ3v) is 2.99. The molecule has 0 aliphatic heterocycles. The van der Waals surface area contributed by atoms with E-state index in [9.17, 15) is 0 Å². The van der Waals surface area contributed by atoms with Gasteiger partial charge in [0.2, 0.25) is 0 Å². The molecule has 0 saturated carbocycles. The zero-order chi connectivity index (χ0) is 14.5. The Bertz CT molecular complexity index is 608. The number of rotatable bonds is 5. The third-order valence-electron chi connectivity index (χ3n) is 2.77. The van der Waals surface area contributed by atoms with Gasteiger partial charge in [0.05, 0.1) is 12.2 Å². The third kappa shape index (κ3) is 3.48. The second-order valence-corrected chi connectivity index (χ2v) is 4.81. The van der Waals surface area contributed by atoms with Gasteiger partial charge in [-0.2, -0.15) is 0 Å². The second kappa shape index (κ2) is 6.39. The molecule has 104 valence electrons. The van der Waals surface area contributed by atoms with Crippen LogP contribution in [0, 0.1) is 6.92 Å². The van der Waals surface area contributed by atoms with Crippen molar-refractivity contribution < 1.29 is 9.47 Å². The van der Waals surface area contributed by atoms with Crippen LogP contribution < -0.4 is 15.2 Å². The zero-order valence-corrected chi connectivity index (χ0v) is 12.4. The summed E-state index contributed by atoms with van der Waals surface area (Å²) in [6, 6.07) is 13.2. The summed E-state index contributed by atoms with van der Waals surface area (Å²) in [5, 5.41) is 0. The summed E-state index contributed by atoms with van der Waals surface area (Å²) in [7, 11) is 0. The van der Waals surface area contributed by atoms with Gasteiger partial charge in [-0.3, -0.25) is 0 Å². The largest absolute Gasteiger partial charge is 0.494 e. The molecule has 0 atom stereocenters. The lowest BCUT2D eigenvalue weighted by Crippen LogP contribution is -2.10. The maximum Gasteiger partial charge on any atom is 0.137 e. The van der Waals surface area contributed by atoms with E-state index in [0.29, 0.717) is 17.3 Å². The zero-order valence-electron chi connectivity index (χ0n) is 11.6. The molecule has 0 bridgehead atoms. The summed E-state index contributed by atoms with van der Waals surface area (Å²) in [5.41, 5.74) is 7.54. The van der Waals surface area contributed by atoms with Crippen LogP contribution >= 0.6 is 12.2 Å². The van der Waals surface area contributed by atoms with Crippen molar-refractivity contribution in [2.45, 2.75) is 13.8 Å². The molecule has 0 heterocycles. The maximum atomic E-state index is 5.86. The number of thiocarbonyl (C=S) groups is 1. The Labute approximate surface area is 124 Å². The van der Waals surface area contributed by atoms with Crippen molar-refractivity contribution in [3.05, 3.63) is 53.6 Å². The van der Waals surface area contributed by atoms with E-state index in [1.54, 1.807) is 0 Å². The quantitative estimate of drug-likeness (QED) is 0.849. The first kappa shape index (κ1) is 14.3. The molecule has 0 spiro atoms. The fourth-order valence-electron chi connectivity index (χ4n) is 1.82. The van der Waals surface area contributed by atoms with Gasteiger partial charge in [0.1, 0.15) is 22.2 Å². The SMILES string of the molecule is CCOc1ccc(Oc2cc(C)ccc2C(N)=S)cc1. The molecule has 0 aromatic heterocycles. The normalized spacial score (nSPS) is 10.1. The molecular formula is C16H17NO2S. The van der Waals surface area contributed by atoms with Crippen molar-refractivity contribution >= 4 is 17.2 Å². The Balaban J connectivity index is 2.25. The lowest BCUT2D eigenvalue weighted by molar-refractivity contribution is 0.339. The fraction of sp³-hybridized carbons (Fsp3) is 0.188. The molecule has 0 fully saturated rings. The van der Waals surface area contributed by atoms with Gasteiger partial charge in [-0.25, -0.2) is 0 Å². The van der Waals surface area contributed by atoms with Crippen molar-refractivity contribution in [1.82, 2.24) is 0 Å². The molecule has 2 rings (SSSR count). The molecule has 0 unspecified atom stereocenters. The predicted molar refractivity (Wildman–Crippen MR) is 84.8 cm³/mol. The fourth-order valence-corrected chi connectivity index (χ4v) is 1.98. The molecule has 4 heteroatoms. The summed E-state index contributed by atoms with van der Waals surface area (Å²) in [5.74, 6) is 2.21. The van der Waals surface area contributed by atoms with E-state index in [4.69, 9.17) is 27.4 Å². The van der Waals surface area contributed by atoms with Crippen molar-refractivity contribution in [2.24, 2.45) is 5.73 Å². The molecule has 3 nitrogen and oxygen atoms in total. The Kier molecular flexibility index (Phi) is 4.58. The predicted octanol–water partition coefficient (Wildman–Crippen LogP) is 3.82. The van der Waals surface area contributed by atoms with Crippen LogP contribution in [0.1, 0.15) is 18.1 Å². The van der Waals surface area contributed by atoms with E-state index in [2.05, 4.69) is 0 Å². The Hall–Kier alpha value is -2.07. The van der Waals surface area contributed by atoms with E-state index in [1.165, 1.54) is 0 Å². The van der Waals surface area contributed by atoms with Gasteiger partial charge < -0.3 is 15.2 Å². The second-order valence-electron chi connectivity index (χ2n) is 4.37. The average molecular weight is 287 g/mol. The van der Waals surface area contributed by atoms with Crippen molar-refractivity contribution in [3.63, 3.8) is 0 Å². The number of nitrogens with two attached hydrogens (primary N) is 1. The van der Waals surface area contributed by atoms with Crippen LogP contribution in [0.25, 0.3) is 0 Å². The van der Waals surface area contributed by atoms with E-state index in [0.717, 1.165) is 22.6 Å².